The lowest BCUT2D eigenvalue weighted by Crippen LogP contribution is -2.43. The number of rotatable bonds is 14. The van der Waals surface area contributed by atoms with Crippen molar-refractivity contribution in [3.8, 4) is 11.1 Å². The molecule has 0 aliphatic carbocycles. The molecule has 4 atom stereocenters. The summed E-state index contributed by atoms with van der Waals surface area (Å²) in [5, 5.41) is 10.5. The molecular weight excluding hydrogens is 1410 g/mol. The van der Waals surface area contributed by atoms with Crippen molar-refractivity contribution in [2.45, 2.75) is 116 Å². The summed E-state index contributed by atoms with van der Waals surface area (Å²) in [7, 11) is -0.950. The van der Waals surface area contributed by atoms with E-state index >= 15 is 8.78 Å². The van der Waals surface area contributed by atoms with Gasteiger partial charge in [-0.05, 0) is 80.8 Å². The number of nitrogens with one attached hydrogen (secondary N) is 1. The highest BCUT2D eigenvalue weighted by atomic mass is 79.9. The number of aromatic nitrogens is 6. The average Bonchev–Trinajstić information content (AvgIpc) is 1.59. The van der Waals surface area contributed by atoms with Crippen LogP contribution in [-0.2, 0) is 83.2 Å². The number of alkyl halides is 2. The molecule has 13 rings (SSSR count). The Labute approximate surface area is 585 Å². The minimum absolute atomic E-state index is 0. The monoisotopic (exact) mass is 1470 g/mol. The van der Waals surface area contributed by atoms with Crippen LogP contribution in [0, 0.1) is 11.6 Å². The van der Waals surface area contributed by atoms with E-state index in [9.17, 15) is 37.5 Å². The quantitative estimate of drug-likeness (QED) is 0.0677. The number of halogens is 7. The van der Waals surface area contributed by atoms with Gasteiger partial charge in [0.25, 0.3) is 11.8 Å². The molecule has 0 spiro atoms. The van der Waals surface area contributed by atoms with Crippen molar-refractivity contribution >= 4 is 168 Å². The van der Waals surface area contributed by atoms with Gasteiger partial charge in [0.05, 0.1) is 70.0 Å². The van der Waals surface area contributed by atoms with Crippen molar-refractivity contribution in [2.24, 2.45) is 16.5 Å². The molecule has 0 radical (unpaired) electrons. The number of hydrogen-bond donors (Lipinski definition) is 3. The molecule has 4 aliphatic rings. The maximum Gasteiger partial charge on any atom is 0.497 e. The molecule has 30 heteroatoms. The van der Waals surface area contributed by atoms with Gasteiger partial charge in [-0.15, -0.1) is 0 Å². The second-order valence-electron chi connectivity index (χ2n) is 23.7. The van der Waals surface area contributed by atoms with E-state index in [2.05, 4.69) is 63.5 Å². The van der Waals surface area contributed by atoms with E-state index in [-0.39, 0.29) is 106 Å². The van der Waals surface area contributed by atoms with Crippen molar-refractivity contribution in [3.63, 3.8) is 0 Å². The Hall–Kier alpha value is -7.83. The fourth-order valence-corrected chi connectivity index (χ4v) is 12.9. The Morgan fingerprint density at radius 1 is 0.698 bits per heavy atom. The number of carbonyl (C=O) groups is 6. The van der Waals surface area contributed by atoms with Crippen LogP contribution in [0.4, 0.5) is 23.2 Å². The summed E-state index contributed by atoms with van der Waals surface area (Å²) in [6.07, 6.45) is 0.361. The second-order valence-corrected chi connectivity index (χ2v) is 25.4. The molecule has 3 fully saturated rings. The van der Waals surface area contributed by atoms with Crippen LogP contribution in [-0.4, -0.2) is 137 Å². The number of ketones is 2. The van der Waals surface area contributed by atoms with E-state index < -0.39 is 89.6 Å². The fraction of sp³-hybridized carbons (Fsp3) is 0.303. The summed E-state index contributed by atoms with van der Waals surface area (Å²) in [5.74, 6) is -4.80. The van der Waals surface area contributed by atoms with E-state index in [1.54, 1.807) is 84.9 Å². The van der Waals surface area contributed by atoms with Crippen LogP contribution < -0.4 is 16.9 Å². The van der Waals surface area contributed by atoms with Crippen molar-refractivity contribution in [1.82, 2.24) is 39.3 Å². The summed E-state index contributed by atoms with van der Waals surface area (Å²) in [5.41, 5.74) is 15.0. The summed E-state index contributed by atoms with van der Waals surface area (Å²) < 4.78 is 75.9. The smallest absolute Gasteiger partial charge is 0.399 e. The molecule has 19 nitrogen and oxygen atoms in total. The first-order chi connectivity index (χ1) is 44.8. The molecule has 4 aliphatic heterocycles. The zero-order valence-corrected chi connectivity index (χ0v) is 57.0. The fourth-order valence-electron chi connectivity index (χ4n) is 11.8. The number of hydrogen-bond acceptors (Lipinski definition) is 14. The number of aliphatic imine (C=N–C) groups is 1. The zero-order valence-electron chi connectivity index (χ0n) is 51.3. The third-order valence-electron chi connectivity index (χ3n) is 17.1. The number of likely N-dealkylation sites (tertiary alicyclic amines) is 2. The van der Waals surface area contributed by atoms with Crippen LogP contribution in [0.25, 0.3) is 44.0 Å². The topological polar surface area (TPSA) is 256 Å². The maximum atomic E-state index is 15.7. The molecule has 0 saturated carbocycles. The highest BCUT2D eigenvalue weighted by Crippen LogP contribution is 2.38. The molecule has 3 aromatic heterocycles. The third kappa shape index (κ3) is 15.4. The lowest BCUT2D eigenvalue weighted by Gasteiger charge is -2.32. The number of nitrogens with zero attached hydrogens (tertiary/aromatic N) is 8. The van der Waals surface area contributed by atoms with E-state index in [4.69, 9.17) is 44.0 Å². The number of aromatic amines is 1. The number of benzene rings is 6. The molecule has 96 heavy (non-hydrogen) atoms. The molecule has 3 saturated heterocycles. The second kappa shape index (κ2) is 30.7. The molecule has 4 amide bonds. The standard InChI is InChI=1S/C29H23ClF2N6O3.C28H31BF2N4O5.C8H5BrClN.CH4.S2.H2S/c30-20-8-16(9-21-28(20)35-14-34-21)18-6-3-4-15(26(18)32)10-24(39)23-11-17(31)12-37(23)25(40)13-38-22-7-2-1-5-19(22)27(36-38)29(33)41;1-27(2)28(3,4)40-29(39-27)19-10-7-8-16(24(19)31)12-22(36)21-13-17(30)14-34(21)23(37)15-35-20-11-6-5-9-18(20)25(33-35)26(32)38;9-5-3-7(10)6-1-2-11-8(6)4-5;;1-2;/h1-9,14,17,23H,10-13H2,(H2,33,41)(H,34,35);5-11,17,21H,12-15H2,1-4H3,(H2,32,38);2-4H,1H2;1H4;;1H2/t17-,23+;17-,21+;;;;/m11..../s1. The van der Waals surface area contributed by atoms with Gasteiger partial charge in [-0.1, -0.05) is 119 Å². The van der Waals surface area contributed by atoms with Gasteiger partial charge < -0.3 is 35.6 Å². The minimum atomic E-state index is -1.41. The number of fused-ring (bicyclic) bond motifs is 4. The van der Waals surface area contributed by atoms with Crippen LogP contribution in [0.1, 0.15) is 85.6 Å². The average molecular weight is 1470 g/mol. The van der Waals surface area contributed by atoms with Gasteiger partial charge in [0.15, 0.2) is 23.0 Å². The third-order valence-corrected chi connectivity index (χ3v) is 18.2. The van der Waals surface area contributed by atoms with Gasteiger partial charge in [0, 0.05) is 97.6 Å². The number of H-pyrrole nitrogens is 1. The van der Waals surface area contributed by atoms with Gasteiger partial charge in [-0.25, -0.2) is 22.5 Å². The van der Waals surface area contributed by atoms with Gasteiger partial charge in [0.1, 0.15) is 42.6 Å². The lowest BCUT2D eigenvalue weighted by atomic mass is 9.77. The predicted molar refractivity (Wildman–Crippen MR) is 375 cm³/mol. The minimum Gasteiger partial charge on any atom is -0.399 e. The van der Waals surface area contributed by atoms with Crippen molar-refractivity contribution in [1.29, 1.82) is 0 Å². The predicted octanol–water partition coefficient (Wildman–Crippen LogP) is 10.7. The summed E-state index contributed by atoms with van der Waals surface area (Å²) >= 11 is 23.0. The van der Waals surface area contributed by atoms with E-state index in [1.165, 1.54) is 37.6 Å². The van der Waals surface area contributed by atoms with Crippen LogP contribution in [0.2, 0.25) is 10.0 Å². The first-order valence-electron chi connectivity index (χ1n) is 29.4. The van der Waals surface area contributed by atoms with Crippen molar-refractivity contribution < 1.29 is 55.6 Å². The number of imidazole rings is 1. The maximum absolute atomic E-state index is 15.7. The van der Waals surface area contributed by atoms with Crippen LogP contribution >= 0.6 is 52.6 Å². The molecule has 502 valence electrons. The molecular formula is C66H65BBrCl2F4N11O8S3. The Kier molecular flexibility index (Phi) is 23.7. The van der Waals surface area contributed by atoms with Crippen molar-refractivity contribution in [2.75, 3.05) is 13.1 Å². The van der Waals surface area contributed by atoms with Gasteiger partial charge in [-0.3, -0.25) is 43.1 Å². The Morgan fingerprint density at radius 2 is 1.20 bits per heavy atom. The first kappa shape index (κ1) is 74.0. The van der Waals surface area contributed by atoms with E-state index in [1.807, 2.05) is 46.0 Å². The largest absolute Gasteiger partial charge is 0.497 e. The highest BCUT2D eigenvalue weighted by molar-refractivity contribution is 9.10. The molecule has 0 unspecified atom stereocenters. The molecule has 6 aromatic carbocycles. The van der Waals surface area contributed by atoms with Crippen molar-refractivity contribution in [3.05, 3.63) is 170 Å². The Bertz CT molecular complexity index is 4510. The van der Waals surface area contributed by atoms with Crippen LogP contribution in [0.15, 0.2) is 125 Å². The number of carbonyl (C=O) groups excluding carboxylic acids is 6. The van der Waals surface area contributed by atoms with Gasteiger partial charge >= 0.3 is 7.12 Å². The van der Waals surface area contributed by atoms with E-state index in [0.29, 0.717) is 43.4 Å². The van der Waals surface area contributed by atoms with Gasteiger partial charge in [-0.2, -0.15) is 23.7 Å². The number of primary amides is 2. The first-order valence-corrected chi connectivity index (χ1v) is 32.3. The van der Waals surface area contributed by atoms with Crippen LogP contribution in [0.5, 0.6) is 0 Å². The summed E-state index contributed by atoms with van der Waals surface area (Å²) in [6.45, 7) is 6.24. The number of para-hydroxylation sites is 2. The zero-order chi connectivity index (χ0) is 67.7. The Morgan fingerprint density at radius 3 is 1.72 bits per heavy atom. The molecule has 5 N–H and O–H groups in total. The Balaban J connectivity index is 0.000000203. The van der Waals surface area contributed by atoms with E-state index in [0.717, 1.165) is 27.2 Å². The SMILES string of the molecule is C.CC1(C)OB(c2cccc(CC(=O)[C@@H]3C[C@@H](F)CN3C(=O)Cn3nc(C(N)=O)c4ccccc43)c2F)OC1(C)C.Clc1cc(Br)cc2c1CC=N2.NC(=O)c1nn(CC(=O)N2C[C@H](F)C[C@H]2C(=O)Cc2cccc(-c3cc(Cl)c4nc[nH]c4c3)c2F)c2ccccc12.S.S=S. The number of nitrogens with two attached hydrogens (primary N) is 2. The van der Waals surface area contributed by atoms with Crippen LogP contribution in [0.3, 0.4) is 0 Å². The molecule has 7 heterocycles. The van der Waals surface area contributed by atoms with Gasteiger partial charge in [0.2, 0.25) is 11.8 Å². The normalized spacial score (nSPS) is 17.9. The molecule has 0 bridgehead atoms. The number of Topliss-reactive ketones (excluding diaryl/α,β-unsaturated/α-hetero) is 2. The summed E-state index contributed by atoms with van der Waals surface area (Å²) in [6, 6.07) is 27.9. The molecule has 9 aromatic rings. The highest BCUT2D eigenvalue weighted by Gasteiger charge is 2.53. The number of amides is 4. The summed E-state index contributed by atoms with van der Waals surface area (Å²) in [4.78, 5) is 90.6. The lowest BCUT2D eigenvalue weighted by molar-refractivity contribution is -0.138.